The van der Waals surface area contributed by atoms with Crippen LogP contribution in [0, 0.1) is 6.92 Å². The molecule has 28 heavy (non-hydrogen) atoms. The van der Waals surface area contributed by atoms with E-state index in [2.05, 4.69) is 94.3 Å². The molecule has 1 aromatic heterocycles. The average molecular weight is 375 g/mol. The number of nitrogens with zero attached hydrogens (tertiary/aromatic N) is 4. The van der Waals surface area contributed by atoms with Gasteiger partial charge in [0.2, 0.25) is 0 Å². The van der Waals surface area contributed by atoms with Crippen LogP contribution in [0.3, 0.4) is 0 Å². The van der Waals surface area contributed by atoms with Crippen molar-refractivity contribution in [2.45, 2.75) is 51.0 Å². The second kappa shape index (κ2) is 8.70. The van der Waals surface area contributed by atoms with Crippen LogP contribution >= 0.6 is 0 Å². The second-order valence-corrected chi connectivity index (χ2v) is 8.01. The molecule has 0 aliphatic heterocycles. The largest absolute Gasteiger partial charge is 0.303 e. The van der Waals surface area contributed by atoms with E-state index in [1.54, 1.807) is 0 Å². The van der Waals surface area contributed by atoms with Crippen LogP contribution in [0.2, 0.25) is 0 Å². The maximum absolute atomic E-state index is 4.60. The lowest BCUT2D eigenvalue weighted by Gasteiger charge is -2.35. The molecule has 0 spiro atoms. The number of hydrogen-bond donors (Lipinski definition) is 0. The molecule has 1 aliphatic rings. The van der Waals surface area contributed by atoms with Crippen LogP contribution in [-0.2, 0) is 6.42 Å². The lowest BCUT2D eigenvalue weighted by molar-refractivity contribution is 0.178. The Morgan fingerprint density at radius 3 is 2.43 bits per heavy atom. The number of hydrogen-bond acceptors (Lipinski definition) is 3. The third-order valence-electron chi connectivity index (χ3n) is 6.10. The van der Waals surface area contributed by atoms with Crippen molar-refractivity contribution in [3.8, 4) is 5.69 Å². The van der Waals surface area contributed by atoms with Gasteiger partial charge in [0.05, 0.1) is 0 Å². The Labute approximate surface area is 168 Å². The van der Waals surface area contributed by atoms with Gasteiger partial charge in [-0.25, -0.2) is 0 Å². The van der Waals surface area contributed by atoms with Crippen LogP contribution in [0.1, 0.15) is 48.8 Å². The maximum Gasteiger partial charge on any atom is 0.140 e. The van der Waals surface area contributed by atoms with Gasteiger partial charge in [-0.3, -0.25) is 4.57 Å². The minimum atomic E-state index is 0.472. The van der Waals surface area contributed by atoms with Gasteiger partial charge >= 0.3 is 0 Å². The van der Waals surface area contributed by atoms with Gasteiger partial charge in [0.1, 0.15) is 11.6 Å². The Bertz CT molecular complexity index is 872. The minimum Gasteiger partial charge on any atom is -0.303 e. The zero-order chi connectivity index (χ0) is 19.3. The first kappa shape index (κ1) is 18.9. The van der Waals surface area contributed by atoms with E-state index in [9.17, 15) is 0 Å². The Balaban J connectivity index is 1.46. The van der Waals surface area contributed by atoms with E-state index in [1.165, 1.54) is 30.5 Å². The highest BCUT2D eigenvalue weighted by molar-refractivity contribution is 5.34. The Kier molecular flexibility index (Phi) is 5.87. The van der Waals surface area contributed by atoms with Crippen LogP contribution in [0.25, 0.3) is 5.69 Å². The fourth-order valence-corrected chi connectivity index (χ4v) is 4.47. The summed E-state index contributed by atoms with van der Waals surface area (Å²) in [5, 5.41) is 9.01. The van der Waals surface area contributed by atoms with E-state index in [4.69, 9.17) is 0 Å². The summed E-state index contributed by atoms with van der Waals surface area (Å²) in [5.41, 5.74) is 2.58. The van der Waals surface area contributed by atoms with Crippen molar-refractivity contribution in [1.29, 1.82) is 0 Å². The molecule has 1 saturated carbocycles. The highest BCUT2D eigenvalue weighted by atomic mass is 15.3. The van der Waals surface area contributed by atoms with Gasteiger partial charge in [-0.2, -0.15) is 0 Å². The van der Waals surface area contributed by atoms with Crippen LogP contribution in [0.5, 0.6) is 0 Å². The summed E-state index contributed by atoms with van der Waals surface area (Å²) in [6.45, 7) is 3.15. The smallest absolute Gasteiger partial charge is 0.140 e. The summed E-state index contributed by atoms with van der Waals surface area (Å²) < 4.78 is 2.25. The van der Waals surface area contributed by atoms with Crippen LogP contribution in [0.4, 0.5) is 0 Å². The first-order valence-corrected chi connectivity index (χ1v) is 10.4. The van der Waals surface area contributed by atoms with Gasteiger partial charge in [-0.05, 0) is 57.4 Å². The van der Waals surface area contributed by atoms with E-state index in [0.717, 1.165) is 31.0 Å². The Morgan fingerprint density at radius 1 is 0.964 bits per heavy atom. The molecule has 2 unspecified atom stereocenters. The molecule has 0 bridgehead atoms. The highest BCUT2D eigenvalue weighted by Gasteiger charge is 2.29. The molecule has 146 valence electrons. The summed E-state index contributed by atoms with van der Waals surface area (Å²) in [4.78, 5) is 2.55. The summed E-state index contributed by atoms with van der Waals surface area (Å²) in [5.74, 6) is 2.57. The van der Waals surface area contributed by atoms with Gasteiger partial charge < -0.3 is 4.90 Å². The number of aryl methyl sites for hydroxylation is 1. The predicted octanol–water partition coefficient (Wildman–Crippen LogP) is 4.78. The van der Waals surface area contributed by atoms with Gasteiger partial charge in [-0.1, -0.05) is 55.0 Å². The highest BCUT2D eigenvalue weighted by Crippen LogP contribution is 2.35. The van der Waals surface area contributed by atoms with Crippen LogP contribution in [-0.4, -0.2) is 39.3 Å². The molecule has 3 aromatic rings. The summed E-state index contributed by atoms with van der Waals surface area (Å²) >= 11 is 0. The van der Waals surface area contributed by atoms with Crippen molar-refractivity contribution in [2.75, 3.05) is 13.6 Å². The predicted molar refractivity (Wildman–Crippen MR) is 114 cm³/mol. The number of likely N-dealkylation sites (N-methyl/N-ethyl adjacent to an activating group) is 1. The Hall–Kier alpha value is -2.46. The molecule has 2 atom stereocenters. The van der Waals surface area contributed by atoms with Crippen LogP contribution in [0.15, 0.2) is 60.7 Å². The fraction of sp³-hybridized carbons (Fsp3) is 0.417. The number of para-hydroxylation sites is 1. The first-order valence-electron chi connectivity index (χ1n) is 10.4. The molecule has 1 fully saturated rings. The van der Waals surface area contributed by atoms with E-state index < -0.39 is 0 Å². The quantitative estimate of drug-likeness (QED) is 0.623. The minimum absolute atomic E-state index is 0.472. The lowest BCUT2D eigenvalue weighted by atomic mass is 9.84. The molecule has 0 N–H and O–H groups in total. The topological polar surface area (TPSA) is 34.0 Å². The first-order chi connectivity index (χ1) is 13.7. The van der Waals surface area contributed by atoms with E-state index >= 15 is 0 Å². The standard InChI is InChI=1S/C24H30N4/c1-19-25-26-24(28(19)22-13-7-4-8-14-22)21-12-9-15-23(18-21)27(2)17-16-20-10-5-3-6-11-20/h3-8,10-11,13-14,21,23H,9,12,15-18H2,1-2H3. The third-order valence-corrected chi connectivity index (χ3v) is 6.10. The normalized spacial score (nSPS) is 19.8. The van der Waals surface area contributed by atoms with Gasteiger partial charge in [0, 0.05) is 24.2 Å². The van der Waals surface area contributed by atoms with Crippen molar-refractivity contribution in [3.63, 3.8) is 0 Å². The van der Waals surface area contributed by atoms with Gasteiger partial charge in [0.25, 0.3) is 0 Å². The monoisotopic (exact) mass is 374 g/mol. The average Bonchev–Trinajstić information content (AvgIpc) is 3.15. The number of benzene rings is 2. The molecule has 2 aromatic carbocycles. The van der Waals surface area contributed by atoms with Crippen molar-refractivity contribution in [1.82, 2.24) is 19.7 Å². The lowest BCUT2D eigenvalue weighted by Crippen LogP contribution is -2.37. The van der Waals surface area contributed by atoms with Gasteiger partial charge in [-0.15, -0.1) is 10.2 Å². The molecule has 4 heteroatoms. The van der Waals surface area contributed by atoms with E-state index in [-0.39, 0.29) is 0 Å². The molecule has 0 saturated heterocycles. The van der Waals surface area contributed by atoms with Crippen molar-refractivity contribution in [2.24, 2.45) is 0 Å². The summed E-state index contributed by atoms with van der Waals surface area (Å²) in [7, 11) is 2.28. The van der Waals surface area contributed by atoms with Crippen molar-refractivity contribution < 1.29 is 0 Å². The zero-order valence-corrected chi connectivity index (χ0v) is 17.0. The van der Waals surface area contributed by atoms with Crippen molar-refractivity contribution >= 4 is 0 Å². The second-order valence-electron chi connectivity index (χ2n) is 8.01. The van der Waals surface area contributed by atoms with Crippen molar-refractivity contribution in [3.05, 3.63) is 77.9 Å². The molecule has 1 heterocycles. The molecule has 4 nitrogen and oxygen atoms in total. The summed E-state index contributed by atoms with van der Waals surface area (Å²) in [6.07, 6.45) is 6.01. The summed E-state index contributed by atoms with van der Waals surface area (Å²) in [6, 6.07) is 21.9. The Morgan fingerprint density at radius 2 is 1.68 bits per heavy atom. The molecular weight excluding hydrogens is 344 g/mol. The third kappa shape index (κ3) is 4.17. The van der Waals surface area contributed by atoms with Crippen LogP contribution < -0.4 is 0 Å². The molecule has 0 radical (unpaired) electrons. The molecule has 1 aliphatic carbocycles. The SMILES string of the molecule is Cc1nnc(C2CCCC(N(C)CCc3ccccc3)C2)n1-c1ccccc1. The number of aromatic nitrogens is 3. The van der Waals surface area contributed by atoms with E-state index in [1.807, 2.05) is 0 Å². The fourth-order valence-electron chi connectivity index (χ4n) is 4.47. The molecule has 0 amide bonds. The van der Waals surface area contributed by atoms with Gasteiger partial charge in [0.15, 0.2) is 0 Å². The maximum atomic E-state index is 4.60. The molecule has 4 rings (SSSR count). The van der Waals surface area contributed by atoms with E-state index in [0.29, 0.717) is 12.0 Å². The zero-order valence-electron chi connectivity index (χ0n) is 17.0. The molecular formula is C24H30N4. The number of rotatable bonds is 6.